The number of nitrogens with one attached hydrogen (secondary N) is 1. The van der Waals surface area contributed by atoms with Gasteiger partial charge in [-0.25, -0.2) is 5.48 Å². The van der Waals surface area contributed by atoms with Crippen molar-refractivity contribution in [2.75, 3.05) is 6.54 Å². The Morgan fingerprint density at radius 2 is 2.08 bits per heavy atom. The normalized spacial score (nSPS) is 12.8. The Hall–Kier alpha value is -2.44. The summed E-state index contributed by atoms with van der Waals surface area (Å²) < 4.78 is 0. The molecule has 0 atom stereocenters. The van der Waals surface area contributed by atoms with Gasteiger partial charge in [-0.3, -0.25) is 19.8 Å². The largest absolute Gasteiger partial charge is 0.338 e. The lowest BCUT2D eigenvalue weighted by Gasteiger charge is -2.29. The van der Waals surface area contributed by atoms with Crippen LogP contribution in [0.4, 0.5) is 0 Å². The highest BCUT2D eigenvalue weighted by Gasteiger charge is 2.21. The molecule has 1 aliphatic rings. The molecule has 0 fully saturated rings. The van der Waals surface area contributed by atoms with Gasteiger partial charge in [-0.05, 0) is 47.7 Å². The zero-order valence-corrected chi connectivity index (χ0v) is 14.5. The molecule has 6 nitrogen and oxygen atoms in total. The number of carbonyl (C=O) groups excluding carboxylic acids is 2. The third-order valence-electron chi connectivity index (χ3n) is 4.29. The van der Waals surface area contributed by atoms with Gasteiger partial charge < -0.3 is 4.90 Å². The van der Waals surface area contributed by atoms with E-state index >= 15 is 0 Å². The zero-order valence-electron chi connectivity index (χ0n) is 13.6. The first kappa shape index (κ1) is 18.9. The Labute approximate surface area is 152 Å². The van der Waals surface area contributed by atoms with Crippen LogP contribution < -0.4 is 5.48 Å². The molecule has 25 heavy (non-hydrogen) atoms. The van der Waals surface area contributed by atoms with E-state index in [1.165, 1.54) is 0 Å². The van der Waals surface area contributed by atoms with Crippen molar-refractivity contribution in [3.63, 3.8) is 0 Å². The SMILES string of the molecule is Cl.O=C(NO)c1ccc2c(c1)CN(C(=O)CCc1cccnc1)CC2. The Bertz CT molecular complexity index is 752. The summed E-state index contributed by atoms with van der Waals surface area (Å²) in [5, 5.41) is 8.74. The average Bonchev–Trinajstić information content (AvgIpc) is 2.65. The van der Waals surface area contributed by atoms with Crippen LogP contribution in [0, 0.1) is 0 Å². The average molecular weight is 362 g/mol. The summed E-state index contributed by atoms with van der Waals surface area (Å²) in [5.41, 5.74) is 5.17. The van der Waals surface area contributed by atoms with Crippen LogP contribution in [-0.2, 0) is 24.2 Å². The molecule has 0 aliphatic carbocycles. The third kappa shape index (κ3) is 4.55. The molecule has 132 valence electrons. The smallest absolute Gasteiger partial charge is 0.274 e. The summed E-state index contributed by atoms with van der Waals surface area (Å²) >= 11 is 0. The van der Waals surface area contributed by atoms with Crippen molar-refractivity contribution in [2.45, 2.75) is 25.8 Å². The molecule has 1 aromatic heterocycles. The second-order valence-corrected chi connectivity index (χ2v) is 5.85. The number of amides is 2. The summed E-state index contributed by atoms with van der Waals surface area (Å²) in [7, 11) is 0. The van der Waals surface area contributed by atoms with E-state index in [9.17, 15) is 9.59 Å². The van der Waals surface area contributed by atoms with Gasteiger partial charge in [0.25, 0.3) is 5.91 Å². The lowest BCUT2D eigenvalue weighted by Crippen LogP contribution is -2.36. The van der Waals surface area contributed by atoms with Crippen LogP contribution >= 0.6 is 12.4 Å². The van der Waals surface area contributed by atoms with E-state index in [0.29, 0.717) is 31.5 Å². The molecule has 0 unspecified atom stereocenters. The van der Waals surface area contributed by atoms with E-state index in [2.05, 4.69) is 4.98 Å². The summed E-state index contributed by atoms with van der Waals surface area (Å²) in [5.74, 6) is -0.445. The van der Waals surface area contributed by atoms with Gasteiger partial charge >= 0.3 is 0 Å². The van der Waals surface area contributed by atoms with E-state index < -0.39 is 5.91 Å². The van der Waals surface area contributed by atoms with Gasteiger partial charge in [0, 0.05) is 37.5 Å². The molecule has 2 heterocycles. The number of pyridine rings is 1. The fraction of sp³-hybridized carbons (Fsp3) is 0.278. The maximum absolute atomic E-state index is 12.4. The number of hydrogen-bond donors (Lipinski definition) is 2. The third-order valence-corrected chi connectivity index (χ3v) is 4.29. The van der Waals surface area contributed by atoms with Crippen molar-refractivity contribution in [1.82, 2.24) is 15.4 Å². The van der Waals surface area contributed by atoms with Crippen LogP contribution in [0.25, 0.3) is 0 Å². The maximum atomic E-state index is 12.4. The van der Waals surface area contributed by atoms with E-state index in [-0.39, 0.29) is 18.3 Å². The second kappa shape index (κ2) is 8.60. The number of carbonyl (C=O) groups is 2. The van der Waals surface area contributed by atoms with Crippen molar-refractivity contribution in [3.05, 3.63) is 65.0 Å². The lowest BCUT2D eigenvalue weighted by atomic mass is 9.96. The quantitative estimate of drug-likeness (QED) is 0.645. The minimum atomic E-state index is -0.544. The van der Waals surface area contributed by atoms with E-state index in [1.54, 1.807) is 30.0 Å². The number of hydroxylamine groups is 1. The van der Waals surface area contributed by atoms with E-state index in [0.717, 1.165) is 23.1 Å². The molecular weight excluding hydrogens is 342 g/mol. The predicted molar refractivity (Wildman–Crippen MR) is 94.6 cm³/mol. The topological polar surface area (TPSA) is 82.5 Å². The van der Waals surface area contributed by atoms with Crippen LogP contribution in [0.15, 0.2) is 42.7 Å². The fourth-order valence-corrected chi connectivity index (χ4v) is 2.93. The Morgan fingerprint density at radius 1 is 1.24 bits per heavy atom. The molecule has 1 aromatic carbocycles. The molecule has 2 N–H and O–H groups in total. The molecule has 0 spiro atoms. The van der Waals surface area contributed by atoms with E-state index in [1.807, 2.05) is 23.1 Å². The van der Waals surface area contributed by atoms with Crippen LogP contribution in [0.1, 0.15) is 33.5 Å². The predicted octanol–water partition coefficient (Wildman–Crippen LogP) is 2.14. The number of rotatable bonds is 4. The van der Waals surface area contributed by atoms with Gasteiger partial charge in [0.1, 0.15) is 0 Å². The van der Waals surface area contributed by atoms with Crippen molar-refractivity contribution in [2.24, 2.45) is 0 Å². The lowest BCUT2D eigenvalue weighted by molar-refractivity contribution is -0.132. The minimum absolute atomic E-state index is 0. The number of nitrogens with zero attached hydrogens (tertiary/aromatic N) is 2. The highest BCUT2D eigenvalue weighted by molar-refractivity contribution is 5.93. The van der Waals surface area contributed by atoms with Gasteiger partial charge in [-0.15, -0.1) is 12.4 Å². The molecule has 0 bridgehead atoms. The molecular formula is C18H20ClN3O3. The van der Waals surface area contributed by atoms with Crippen molar-refractivity contribution >= 4 is 24.2 Å². The second-order valence-electron chi connectivity index (χ2n) is 5.85. The maximum Gasteiger partial charge on any atom is 0.274 e. The number of aryl methyl sites for hydroxylation is 1. The molecule has 7 heteroatoms. The monoisotopic (exact) mass is 361 g/mol. The number of fused-ring (bicyclic) bond motifs is 1. The summed E-state index contributed by atoms with van der Waals surface area (Å²) in [6.07, 6.45) is 5.38. The minimum Gasteiger partial charge on any atom is -0.338 e. The van der Waals surface area contributed by atoms with Gasteiger partial charge in [-0.1, -0.05) is 12.1 Å². The number of aromatic nitrogens is 1. The molecule has 0 saturated carbocycles. The van der Waals surface area contributed by atoms with Crippen molar-refractivity contribution < 1.29 is 14.8 Å². The van der Waals surface area contributed by atoms with Crippen LogP contribution in [0.3, 0.4) is 0 Å². The van der Waals surface area contributed by atoms with Crippen LogP contribution in [0.5, 0.6) is 0 Å². The molecule has 2 amide bonds. The molecule has 1 aliphatic heterocycles. The number of halogens is 1. The summed E-state index contributed by atoms with van der Waals surface area (Å²) in [6, 6.07) is 9.14. The van der Waals surface area contributed by atoms with Gasteiger partial charge in [0.15, 0.2) is 0 Å². The fourth-order valence-electron chi connectivity index (χ4n) is 2.93. The Kier molecular flexibility index (Phi) is 6.50. The summed E-state index contributed by atoms with van der Waals surface area (Å²) in [4.78, 5) is 29.8. The van der Waals surface area contributed by atoms with E-state index in [4.69, 9.17) is 5.21 Å². The van der Waals surface area contributed by atoms with Gasteiger partial charge in [0.2, 0.25) is 5.91 Å². The molecule has 0 radical (unpaired) electrons. The first-order valence-corrected chi connectivity index (χ1v) is 7.90. The highest BCUT2D eigenvalue weighted by Crippen LogP contribution is 2.21. The van der Waals surface area contributed by atoms with Crippen LogP contribution in [0.2, 0.25) is 0 Å². The number of hydrogen-bond acceptors (Lipinski definition) is 4. The first-order chi connectivity index (χ1) is 11.7. The molecule has 0 saturated heterocycles. The first-order valence-electron chi connectivity index (χ1n) is 7.90. The Balaban J connectivity index is 0.00000225. The number of benzene rings is 1. The Morgan fingerprint density at radius 3 is 2.80 bits per heavy atom. The zero-order chi connectivity index (χ0) is 16.9. The van der Waals surface area contributed by atoms with Gasteiger partial charge in [-0.2, -0.15) is 0 Å². The van der Waals surface area contributed by atoms with Crippen LogP contribution in [-0.4, -0.2) is 33.5 Å². The van der Waals surface area contributed by atoms with Gasteiger partial charge in [0.05, 0.1) is 0 Å². The van der Waals surface area contributed by atoms with Crippen molar-refractivity contribution in [1.29, 1.82) is 0 Å². The summed E-state index contributed by atoms with van der Waals surface area (Å²) in [6.45, 7) is 1.18. The highest BCUT2D eigenvalue weighted by atomic mass is 35.5. The standard InChI is InChI=1S/C18H19N3O3.ClH/c22-17(6-3-13-2-1-8-19-11-13)21-9-7-14-4-5-15(18(23)20-24)10-16(14)12-21;/h1-2,4-5,8,10-11,24H,3,6-7,9,12H2,(H,20,23);1H. The molecule has 3 rings (SSSR count). The van der Waals surface area contributed by atoms with Crippen molar-refractivity contribution in [3.8, 4) is 0 Å². The molecule has 2 aromatic rings.